The van der Waals surface area contributed by atoms with Gasteiger partial charge in [0.2, 0.25) is 0 Å². The lowest BCUT2D eigenvalue weighted by Gasteiger charge is -2.26. The normalized spacial score (nSPS) is 11.8. The third-order valence-corrected chi connectivity index (χ3v) is 7.49. The van der Waals surface area contributed by atoms with Crippen LogP contribution in [0.4, 0.5) is 0 Å². The van der Waals surface area contributed by atoms with Crippen molar-refractivity contribution in [2.75, 3.05) is 13.2 Å². The van der Waals surface area contributed by atoms with E-state index in [-0.39, 0.29) is 34.8 Å². The molecule has 4 aromatic carbocycles. The molecule has 2 amide bonds. The van der Waals surface area contributed by atoms with E-state index in [0.717, 1.165) is 27.5 Å². The molecule has 2 N–H and O–H groups in total. The Morgan fingerprint density at radius 3 is 2.45 bits per heavy atom. The van der Waals surface area contributed by atoms with E-state index >= 15 is 0 Å². The van der Waals surface area contributed by atoms with Gasteiger partial charge in [0, 0.05) is 42.0 Å². The first kappa shape index (κ1) is 30.3. The number of phenolic OH excluding ortho intramolecular Hbond substituents is 1. The molecule has 0 aliphatic rings. The van der Waals surface area contributed by atoms with E-state index in [2.05, 4.69) is 34.6 Å². The van der Waals surface area contributed by atoms with Gasteiger partial charge in [0.15, 0.2) is 6.61 Å². The number of ether oxygens (including phenoxy) is 1. The van der Waals surface area contributed by atoms with Gasteiger partial charge in [-0.15, -0.1) is 0 Å². The lowest BCUT2D eigenvalue weighted by molar-refractivity contribution is -0.134. The van der Waals surface area contributed by atoms with Crippen LogP contribution in [0, 0.1) is 0 Å². The molecule has 0 bridgehead atoms. The number of aromatic nitrogens is 1. The van der Waals surface area contributed by atoms with Gasteiger partial charge in [0.1, 0.15) is 11.5 Å². The number of halogens is 1. The maximum Gasteiger partial charge on any atom is 0.271 e. The Hall–Kier alpha value is -5.21. The highest BCUT2D eigenvalue weighted by atomic mass is 35.5. The average molecular weight is 607 g/mol. The highest BCUT2D eigenvalue weighted by molar-refractivity contribution is 6.32. The number of hydrogen-bond donors (Lipinski definition) is 2. The fourth-order valence-electron chi connectivity index (χ4n) is 4.82. The molecule has 0 spiro atoms. The number of carbonyl (C=O) groups excluding carboxylic acids is 2. The molecular weight excluding hydrogens is 576 g/mol. The Morgan fingerprint density at radius 1 is 0.977 bits per heavy atom. The Morgan fingerprint density at radius 2 is 1.70 bits per heavy atom. The molecule has 0 radical (unpaired) electrons. The van der Waals surface area contributed by atoms with Crippen molar-refractivity contribution in [3.05, 3.63) is 137 Å². The van der Waals surface area contributed by atoms with Gasteiger partial charge in [-0.1, -0.05) is 73.1 Å². The van der Waals surface area contributed by atoms with E-state index in [1.165, 1.54) is 18.2 Å². The number of nitrogens with zero attached hydrogens (tertiary/aromatic N) is 3. The number of carbonyl (C=O) groups is 2. The quantitative estimate of drug-likeness (QED) is 0.131. The van der Waals surface area contributed by atoms with Crippen LogP contribution in [0.3, 0.4) is 0 Å². The van der Waals surface area contributed by atoms with Gasteiger partial charge in [-0.05, 0) is 64.9 Å². The van der Waals surface area contributed by atoms with Crippen molar-refractivity contribution in [1.29, 1.82) is 0 Å². The Kier molecular flexibility index (Phi) is 9.84. The van der Waals surface area contributed by atoms with Crippen molar-refractivity contribution >= 4 is 40.4 Å². The van der Waals surface area contributed by atoms with Crippen molar-refractivity contribution in [2.24, 2.45) is 5.10 Å². The van der Waals surface area contributed by atoms with E-state index < -0.39 is 5.91 Å². The van der Waals surface area contributed by atoms with E-state index in [4.69, 9.17) is 16.3 Å². The number of phenols is 1. The summed E-state index contributed by atoms with van der Waals surface area (Å²) < 4.78 is 6.11. The van der Waals surface area contributed by atoms with Gasteiger partial charge < -0.3 is 14.7 Å². The zero-order chi connectivity index (χ0) is 30.9. The molecule has 0 aliphatic heterocycles. The summed E-state index contributed by atoms with van der Waals surface area (Å²) in [5.41, 5.74) is 5.64. The molecule has 0 saturated heterocycles. The minimum absolute atomic E-state index is 0.0767. The van der Waals surface area contributed by atoms with Crippen molar-refractivity contribution in [2.45, 2.75) is 19.4 Å². The molecule has 0 fully saturated rings. The van der Waals surface area contributed by atoms with Crippen molar-refractivity contribution in [1.82, 2.24) is 15.3 Å². The maximum atomic E-state index is 13.6. The predicted octanol–water partition coefficient (Wildman–Crippen LogP) is 6.57. The number of nitrogens with one attached hydrogen (secondary N) is 1. The standard InChI is InChI=1S/C35H31ClN4O4/c1-24(26-7-3-2-4-8-26)21-40(22-25-15-17-37-18-16-25)34(42)23-44-33-14-12-28(29-9-5-6-10-30(29)33)20-38-39-35(43)27-11-13-32(41)31(36)19-27/h2-20,24,41H,21-23H2,1H3,(H,39,43). The maximum absolute atomic E-state index is 13.6. The molecule has 1 heterocycles. The largest absolute Gasteiger partial charge is 0.506 e. The molecule has 1 atom stereocenters. The second kappa shape index (κ2) is 14.3. The van der Waals surface area contributed by atoms with Crippen LogP contribution in [0.15, 0.2) is 115 Å². The topological polar surface area (TPSA) is 104 Å². The van der Waals surface area contributed by atoms with Crippen LogP contribution in [-0.4, -0.2) is 46.2 Å². The fraction of sp³-hybridized carbons (Fsp3) is 0.143. The number of pyridine rings is 1. The third-order valence-electron chi connectivity index (χ3n) is 7.19. The van der Waals surface area contributed by atoms with Gasteiger partial charge in [0.25, 0.3) is 11.8 Å². The van der Waals surface area contributed by atoms with Crippen LogP contribution in [0.2, 0.25) is 5.02 Å². The summed E-state index contributed by atoms with van der Waals surface area (Å²) >= 11 is 5.91. The number of benzene rings is 4. The van der Waals surface area contributed by atoms with E-state index in [9.17, 15) is 14.7 Å². The van der Waals surface area contributed by atoms with Gasteiger partial charge in [-0.2, -0.15) is 5.10 Å². The summed E-state index contributed by atoms with van der Waals surface area (Å²) in [6, 6.07) is 29.3. The molecule has 1 aromatic heterocycles. The van der Waals surface area contributed by atoms with Crippen molar-refractivity contribution in [3.8, 4) is 11.5 Å². The smallest absolute Gasteiger partial charge is 0.271 e. The van der Waals surface area contributed by atoms with Crippen LogP contribution in [-0.2, 0) is 11.3 Å². The predicted molar refractivity (Wildman–Crippen MR) is 172 cm³/mol. The third kappa shape index (κ3) is 7.59. The Labute approximate surface area is 260 Å². The van der Waals surface area contributed by atoms with Gasteiger partial charge in [0.05, 0.1) is 11.2 Å². The molecule has 0 saturated carbocycles. The number of hydrogen-bond acceptors (Lipinski definition) is 6. The van der Waals surface area contributed by atoms with Crippen LogP contribution in [0.1, 0.15) is 39.9 Å². The summed E-state index contributed by atoms with van der Waals surface area (Å²) in [6.45, 7) is 2.96. The molecule has 5 rings (SSSR count). The molecule has 9 heteroatoms. The second-order valence-electron chi connectivity index (χ2n) is 10.3. The van der Waals surface area contributed by atoms with E-state index in [0.29, 0.717) is 18.8 Å². The Bertz CT molecular complexity index is 1780. The van der Waals surface area contributed by atoms with Gasteiger partial charge in [-0.25, -0.2) is 5.43 Å². The highest BCUT2D eigenvalue weighted by Gasteiger charge is 2.19. The summed E-state index contributed by atoms with van der Waals surface area (Å²) in [5, 5.41) is 15.4. The summed E-state index contributed by atoms with van der Waals surface area (Å²) in [4.78, 5) is 31.9. The number of amides is 2. The lowest BCUT2D eigenvalue weighted by Crippen LogP contribution is -2.37. The zero-order valence-corrected chi connectivity index (χ0v) is 24.8. The van der Waals surface area contributed by atoms with E-state index in [1.807, 2.05) is 65.6 Å². The van der Waals surface area contributed by atoms with Crippen molar-refractivity contribution < 1.29 is 19.4 Å². The SMILES string of the molecule is CC(CN(Cc1ccncc1)C(=O)COc1ccc(C=NNC(=O)c2ccc(O)c(Cl)c2)c2ccccc12)c1ccccc1. The van der Waals surface area contributed by atoms with Crippen LogP contribution in [0.25, 0.3) is 10.8 Å². The number of fused-ring (bicyclic) bond motifs is 1. The molecular formula is C35H31ClN4O4. The first-order valence-electron chi connectivity index (χ1n) is 14.1. The summed E-state index contributed by atoms with van der Waals surface area (Å²) in [7, 11) is 0. The van der Waals surface area contributed by atoms with E-state index in [1.54, 1.807) is 24.7 Å². The first-order chi connectivity index (χ1) is 21.4. The number of aromatic hydroxyl groups is 1. The lowest BCUT2D eigenvalue weighted by atomic mass is 10.0. The summed E-state index contributed by atoms with van der Waals surface area (Å²) in [6.07, 6.45) is 4.99. The van der Waals surface area contributed by atoms with Crippen molar-refractivity contribution in [3.63, 3.8) is 0 Å². The van der Waals surface area contributed by atoms with Crippen LogP contribution >= 0.6 is 11.6 Å². The average Bonchev–Trinajstić information content (AvgIpc) is 3.05. The van der Waals surface area contributed by atoms with Gasteiger partial charge >= 0.3 is 0 Å². The first-order valence-corrected chi connectivity index (χ1v) is 14.4. The molecule has 222 valence electrons. The minimum atomic E-state index is -0.469. The molecule has 5 aromatic rings. The fourth-order valence-corrected chi connectivity index (χ4v) is 5.00. The summed E-state index contributed by atoms with van der Waals surface area (Å²) in [5.74, 6) is -0.00711. The number of hydrazone groups is 1. The minimum Gasteiger partial charge on any atom is -0.506 e. The number of rotatable bonds is 11. The van der Waals surface area contributed by atoms with Crippen LogP contribution in [0.5, 0.6) is 11.5 Å². The highest BCUT2D eigenvalue weighted by Crippen LogP contribution is 2.28. The molecule has 0 aliphatic carbocycles. The van der Waals surface area contributed by atoms with Crippen LogP contribution < -0.4 is 10.2 Å². The molecule has 1 unspecified atom stereocenters. The zero-order valence-electron chi connectivity index (χ0n) is 24.1. The van der Waals surface area contributed by atoms with Gasteiger partial charge in [-0.3, -0.25) is 14.6 Å². The molecule has 8 nitrogen and oxygen atoms in total. The Balaban J connectivity index is 1.29. The molecule has 44 heavy (non-hydrogen) atoms. The monoisotopic (exact) mass is 606 g/mol. The second-order valence-corrected chi connectivity index (χ2v) is 10.7.